The van der Waals surface area contributed by atoms with Crippen molar-refractivity contribution >= 4 is 71.6 Å². The van der Waals surface area contributed by atoms with Crippen LogP contribution in [0.3, 0.4) is 0 Å². The molecule has 3 heterocycles. The Morgan fingerprint density at radius 1 is 0.338 bits per heavy atom. The zero-order valence-electron chi connectivity index (χ0n) is 36.9. The SMILES string of the molecule is c1ccc(-c2cccc3ccccc23)c(-c2ccccc2N(c2cccc3c2-c2ccccc2C32c3ccccc3-n3c4ccccc4c4cccc2c43)c2cccc3c2oc2ccccc23)c1. The number of rotatable bonds is 5. The third-order valence-corrected chi connectivity index (χ3v) is 15.0. The van der Waals surface area contributed by atoms with Crippen molar-refractivity contribution in [3.8, 4) is 39.1 Å². The molecule has 2 aromatic heterocycles. The predicted molar refractivity (Wildman–Crippen MR) is 282 cm³/mol. The minimum Gasteiger partial charge on any atom is -0.454 e. The Morgan fingerprint density at radius 3 is 1.78 bits per heavy atom. The van der Waals surface area contributed by atoms with E-state index in [1.807, 2.05) is 0 Å². The van der Waals surface area contributed by atoms with E-state index in [0.29, 0.717) is 0 Å². The van der Waals surface area contributed by atoms with E-state index in [1.165, 1.54) is 82.8 Å². The summed E-state index contributed by atoms with van der Waals surface area (Å²) in [5, 5.41) is 7.17. The maximum atomic E-state index is 7.00. The van der Waals surface area contributed by atoms with E-state index in [-0.39, 0.29) is 0 Å². The van der Waals surface area contributed by atoms with Crippen molar-refractivity contribution in [3.05, 3.63) is 265 Å². The Kier molecular flexibility index (Phi) is 7.71. The lowest BCUT2D eigenvalue weighted by Crippen LogP contribution is -2.33. The van der Waals surface area contributed by atoms with Crippen LogP contribution >= 0.6 is 0 Å². The van der Waals surface area contributed by atoms with Crippen LogP contribution in [0.1, 0.15) is 22.3 Å². The molecule has 0 saturated carbocycles. The second-order valence-corrected chi connectivity index (χ2v) is 18.2. The number of hydrogen-bond acceptors (Lipinski definition) is 2. The van der Waals surface area contributed by atoms with Gasteiger partial charge in [-0.1, -0.05) is 206 Å². The van der Waals surface area contributed by atoms with Crippen LogP contribution in [-0.2, 0) is 5.41 Å². The van der Waals surface area contributed by atoms with Gasteiger partial charge in [-0.2, -0.15) is 0 Å². The molecule has 1 unspecified atom stereocenters. The van der Waals surface area contributed by atoms with Gasteiger partial charge in [-0.05, 0) is 91.7 Å². The van der Waals surface area contributed by atoms with E-state index in [0.717, 1.165) is 50.1 Å². The number of furan rings is 1. The number of anilines is 3. The molecule has 11 aromatic carbocycles. The first-order chi connectivity index (χ1) is 33.8. The average Bonchev–Trinajstić information content (AvgIpc) is 4.06. The maximum Gasteiger partial charge on any atom is 0.159 e. The van der Waals surface area contributed by atoms with Crippen LogP contribution in [0, 0.1) is 0 Å². The molecule has 0 bridgehead atoms. The van der Waals surface area contributed by atoms with Crippen molar-refractivity contribution in [1.29, 1.82) is 0 Å². The van der Waals surface area contributed by atoms with Crippen LogP contribution in [0.4, 0.5) is 17.1 Å². The number of nitrogens with zero attached hydrogens (tertiary/aromatic N) is 2. The Balaban J connectivity index is 1.07. The fourth-order valence-corrected chi connectivity index (χ4v) is 12.4. The quantitative estimate of drug-likeness (QED) is 0.172. The van der Waals surface area contributed by atoms with Gasteiger partial charge < -0.3 is 13.9 Å². The van der Waals surface area contributed by atoms with E-state index in [4.69, 9.17) is 4.42 Å². The van der Waals surface area contributed by atoms with Gasteiger partial charge >= 0.3 is 0 Å². The standard InChI is InChI=1S/C65H40N2O/c1-2-21-42-41(19-1)20-15-28-43(42)44-22-3-4-23-45(44)46-24-6-11-35-56(46)66(60-39-17-30-50-48-26-8-14-40-61(48)68-64(50)60)59-38-18-33-54-62(59)51-27-5-9-31-52(51)65(54)53-32-10-13-37-58(53)67-57-36-12-7-25-47(57)49-29-16-34-55(65)63(49)67/h1-40H. The zero-order valence-corrected chi connectivity index (χ0v) is 36.9. The fourth-order valence-electron chi connectivity index (χ4n) is 12.4. The highest BCUT2D eigenvalue weighted by atomic mass is 16.3. The summed E-state index contributed by atoms with van der Waals surface area (Å²) in [5.74, 6) is 0. The molecule has 1 atom stereocenters. The Morgan fingerprint density at radius 2 is 0.882 bits per heavy atom. The smallest absolute Gasteiger partial charge is 0.159 e. The normalized spacial score (nSPS) is 14.5. The third kappa shape index (κ3) is 4.87. The lowest BCUT2D eigenvalue weighted by Gasteiger charge is -2.39. The fraction of sp³-hybridized carbons (Fsp3) is 0.0154. The molecule has 3 nitrogen and oxygen atoms in total. The largest absolute Gasteiger partial charge is 0.454 e. The monoisotopic (exact) mass is 864 g/mol. The van der Waals surface area contributed by atoms with Gasteiger partial charge in [-0.15, -0.1) is 0 Å². The Bertz CT molecular complexity index is 4240. The molecule has 15 rings (SSSR count). The minimum absolute atomic E-state index is 0.611. The predicted octanol–water partition coefficient (Wildman–Crippen LogP) is 17.3. The van der Waals surface area contributed by atoms with E-state index in [2.05, 4.69) is 252 Å². The third-order valence-electron chi connectivity index (χ3n) is 15.0. The lowest BCUT2D eigenvalue weighted by atomic mass is 9.65. The van der Waals surface area contributed by atoms with Crippen molar-refractivity contribution in [1.82, 2.24) is 4.57 Å². The highest BCUT2D eigenvalue weighted by Crippen LogP contribution is 2.64. The van der Waals surface area contributed by atoms with E-state index >= 15 is 0 Å². The van der Waals surface area contributed by atoms with Gasteiger partial charge in [0.15, 0.2) is 5.58 Å². The van der Waals surface area contributed by atoms with Gasteiger partial charge in [0.1, 0.15) is 5.58 Å². The number of benzene rings is 11. The van der Waals surface area contributed by atoms with Crippen molar-refractivity contribution in [2.75, 3.05) is 4.90 Å². The summed E-state index contributed by atoms with van der Waals surface area (Å²) in [6.45, 7) is 0. The number of fused-ring (bicyclic) bond motifs is 16. The van der Waals surface area contributed by atoms with E-state index < -0.39 is 5.41 Å². The summed E-state index contributed by atoms with van der Waals surface area (Å²) in [5.41, 5.74) is 20.2. The highest BCUT2D eigenvalue weighted by Gasteiger charge is 2.51. The molecule has 0 fully saturated rings. The van der Waals surface area contributed by atoms with Gasteiger partial charge in [0, 0.05) is 32.7 Å². The maximum absolute atomic E-state index is 7.00. The zero-order chi connectivity index (χ0) is 44.5. The summed E-state index contributed by atoms with van der Waals surface area (Å²) in [4.78, 5) is 2.50. The molecule has 68 heavy (non-hydrogen) atoms. The number of para-hydroxylation sites is 6. The van der Waals surface area contributed by atoms with Gasteiger partial charge in [0.25, 0.3) is 0 Å². The van der Waals surface area contributed by atoms with Crippen molar-refractivity contribution in [2.45, 2.75) is 5.41 Å². The van der Waals surface area contributed by atoms with Gasteiger partial charge in [-0.25, -0.2) is 0 Å². The van der Waals surface area contributed by atoms with Crippen molar-refractivity contribution in [3.63, 3.8) is 0 Å². The van der Waals surface area contributed by atoms with Gasteiger partial charge in [0.05, 0.1) is 39.2 Å². The van der Waals surface area contributed by atoms with Gasteiger partial charge in [0.2, 0.25) is 0 Å². The molecule has 0 N–H and O–H groups in total. The summed E-state index contributed by atoms with van der Waals surface area (Å²) in [6, 6.07) is 89.4. The van der Waals surface area contributed by atoms with Crippen LogP contribution in [0.2, 0.25) is 0 Å². The van der Waals surface area contributed by atoms with Crippen LogP contribution in [0.5, 0.6) is 0 Å². The molecule has 0 radical (unpaired) electrons. The van der Waals surface area contributed by atoms with Crippen LogP contribution in [-0.4, -0.2) is 4.57 Å². The van der Waals surface area contributed by atoms with E-state index in [9.17, 15) is 0 Å². The van der Waals surface area contributed by atoms with Crippen LogP contribution < -0.4 is 4.90 Å². The molecule has 2 aliphatic rings. The summed E-state index contributed by atoms with van der Waals surface area (Å²) >= 11 is 0. The molecule has 3 heteroatoms. The van der Waals surface area contributed by atoms with Crippen molar-refractivity contribution in [2.24, 2.45) is 0 Å². The Hall–Kier alpha value is -8.92. The molecular weight excluding hydrogens is 825 g/mol. The second-order valence-electron chi connectivity index (χ2n) is 18.2. The first-order valence-corrected chi connectivity index (χ1v) is 23.5. The summed E-state index contributed by atoms with van der Waals surface area (Å²) in [6.07, 6.45) is 0. The van der Waals surface area contributed by atoms with Crippen molar-refractivity contribution < 1.29 is 4.42 Å². The number of aromatic nitrogens is 1. The first kappa shape index (κ1) is 37.3. The molecule has 1 spiro atoms. The number of hydrogen-bond donors (Lipinski definition) is 0. The highest BCUT2D eigenvalue weighted by molar-refractivity contribution is 6.15. The topological polar surface area (TPSA) is 21.3 Å². The molecule has 13 aromatic rings. The molecule has 0 saturated heterocycles. The van der Waals surface area contributed by atoms with Gasteiger partial charge in [-0.3, -0.25) is 0 Å². The lowest BCUT2D eigenvalue weighted by molar-refractivity contribution is 0.669. The molecule has 0 amide bonds. The summed E-state index contributed by atoms with van der Waals surface area (Å²) < 4.78 is 9.52. The van der Waals surface area contributed by atoms with E-state index in [1.54, 1.807) is 0 Å². The first-order valence-electron chi connectivity index (χ1n) is 23.5. The van der Waals surface area contributed by atoms with Crippen LogP contribution in [0.25, 0.3) is 93.6 Å². The van der Waals surface area contributed by atoms with Crippen LogP contribution in [0.15, 0.2) is 247 Å². The average molecular weight is 865 g/mol. The second kappa shape index (κ2) is 14.0. The molecular formula is C65H40N2O. The summed E-state index contributed by atoms with van der Waals surface area (Å²) in [7, 11) is 0. The minimum atomic E-state index is -0.611. The Labute approximate surface area is 393 Å². The molecule has 1 aliphatic heterocycles. The molecule has 1 aliphatic carbocycles. The molecule has 316 valence electrons.